The molecule has 0 aromatic heterocycles. The van der Waals surface area contributed by atoms with Crippen molar-refractivity contribution >= 4 is 17.4 Å². The lowest BCUT2D eigenvalue weighted by molar-refractivity contribution is -0.135. The van der Waals surface area contributed by atoms with Gasteiger partial charge in [0.2, 0.25) is 0 Å². The fourth-order valence-electron chi connectivity index (χ4n) is 2.07. The maximum absolute atomic E-state index is 11.5. The van der Waals surface area contributed by atoms with Crippen molar-refractivity contribution in [2.75, 3.05) is 18.2 Å². The molecule has 0 saturated carbocycles. The van der Waals surface area contributed by atoms with Crippen molar-refractivity contribution in [1.82, 2.24) is 0 Å². The highest BCUT2D eigenvalue weighted by molar-refractivity contribution is 6.35. The molecular weight excluding hydrogens is 228 g/mol. The van der Waals surface area contributed by atoms with Gasteiger partial charge in [-0.25, -0.2) is 4.79 Å². The van der Waals surface area contributed by atoms with Gasteiger partial charge in [-0.15, -0.1) is 0 Å². The van der Waals surface area contributed by atoms with E-state index in [2.05, 4.69) is 30.2 Å². The van der Waals surface area contributed by atoms with Gasteiger partial charge in [0.1, 0.15) is 5.71 Å². The van der Waals surface area contributed by atoms with Crippen molar-refractivity contribution in [2.45, 2.75) is 27.2 Å². The summed E-state index contributed by atoms with van der Waals surface area (Å²) < 4.78 is 4.92. The zero-order valence-electron chi connectivity index (χ0n) is 11.1. The summed E-state index contributed by atoms with van der Waals surface area (Å²) in [5.74, 6) is -0.349. The summed E-state index contributed by atoms with van der Waals surface area (Å²) in [7, 11) is 0. The van der Waals surface area contributed by atoms with Crippen LogP contribution in [0, 0.1) is 6.92 Å². The number of hydrogen-bond donors (Lipinski definition) is 0. The first-order valence-corrected chi connectivity index (χ1v) is 6.21. The maximum atomic E-state index is 11.5. The van der Waals surface area contributed by atoms with E-state index < -0.39 is 0 Å². The summed E-state index contributed by atoms with van der Waals surface area (Å²) in [4.78, 5) is 11.5. The van der Waals surface area contributed by atoms with Crippen LogP contribution in [0.3, 0.4) is 0 Å². The lowest BCUT2D eigenvalue weighted by atomic mass is 10.1. The van der Waals surface area contributed by atoms with E-state index in [-0.39, 0.29) is 5.97 Å². The molecule has 0 amide bonds. The van der Waals surface area contributed by atoms with Gasteiger partial charge in [0.15, 0.2) is 0 Å². The van der Waals surface area contributed by atoms with Crippen molar-refractivity contribution in [1.29, 1.82) is 0 Å². The van der Waals surface area contributed by atoms with Crippen LogP contribution in [0.25, 0.3) is 0 Å². The minimum absolute atomic E-state index is 0.349. The Balaban J connectivity index is 2.19. The van der Waals surface area contributed by atoms with E-state index in [4.69, 9.17) is 4.74 Å². The third kappa shape index (κ3) is 2.53. The molecule has 1 heterocycles. The smallest absolute Gasteiger partial charge is 0.354 e. The fourth-order valence-corrected chi connectivity index (χ4v) is 2.07. The van der Waals surface area contributed by atoms with Crippen LogP contribution in [-0.4, -0.2) is 24.8 Å². The summed E-state index contributed by atoms with van der Waals surface area (Å²) in [5, 5.41) is 6.22. The van der Waals surface area contributed by atoms with Crippen LogP contribution in [0.2, 0.25) is 0 Å². The van der Waals surface area contributed by atoms with Crippen molar-refractivity contribution in [3.63, 3.8) is 0 Å². The molecule has 4 nitrogen and oxygen atoms in total. The van der Waals surface area contributed by atoms with Crippen LogP contribution in [-0.2, 0) is 16.0 Å². The number of rotatable bonds is 3. The molecule has 1 aromatic carbocycles. The molecule has 1 aromatic rings. The molecule has 2 rings (SSSR count). The highest BCUT2D eigenvalue weighted by Crippen LogP contribution is 2.28. The van der Waals surface area contributed by atoms with Crippen LogP contribution >= 0.6 is 0 Å². The normalized spacial score (nSPS) is 14.6. The predicted octanol–water partition coefficient (Wildman–Crippen LogP) is 2.30. The van der Waals surface area contributed by atoms with Gasteiger partial charge in [0.25, 0.3) is 0 Å². The van der Waals surface area contributed by atoms with Crippen molar-refractivity contribution in [3.8, 4) is 0 Å². The molecule has 0 bridgehead atoms. The third-order valence-electron chi connectivity index (χ3n) is 2.95. The van der Waals surface area contributed by atoms with E-state index in [0.717, 1.165) is 18.7 Å². The zero-order valence-corrected chi connectivity index (χ0v) is 11.1. The van der Waals surface area contributed by atoms with Gasteiger partial charge < -0.3 is 4.74 Å². The second-order valence-electron chi connectivity index (χ2n) is 4.41. The molecule has 0 saturated heterocycles. The Labute approximate surface area is 107 Å². The average molecular weight is 246 g/mol. The summed E-state index contributed by atoms with van der Waals surface area (Å²) in [6.07, 6.45) is 0.969. The van der Waals surface area contributed by atoms with Gasteiger partial charge in [-0.2, -0.15) is 5.10 Å². The second-order valence-corrected chi connectivity index (χ2v) is 4.41. The quantitative estimate of drug-likeness (QED) is 0.607. The second kappa shape index (κ2) is 5.21. The summed E-state index contributed by atoms with van der Waals surface area (Å²) in [5.41, 5.74) is 4.02. The van der Waals surface area contributed by atoms with Crippen LogP contribution < -0.4 is 5.01 Å². The topological polar surface area (TPSA) is 41.9 Å². The molecule has 0 radical (unpaired) electrons. The van der Waals surface area contributed by atoms with E-state index in [1.165, 1.54) is 11.1 Å². The molecular formula is C14H18N2O2. The molecule has 0 atom stereocenters. The Morgan fingerprint density at radius 3 is 3.00 bits per heavy atom. The molecule has 4 heteroatoms. The third-order valence-corrected chi connectivity index (χ3v) is 2.95. The number of fused-ring (bicyclic) bond motifs is 1. The Morgan fingerprint density at radius 2 is 2.28 bits per heavy atom. The monoisotopic (exact) mass is 246 g/mol. The number of hydrazone groups is 1. The van der Waals surface area contributed by atoms with Crippen molar-refractivity contribution in [3.05, 3.63) is 29.3 Å². The number of anilines is 1. The molecule has 0 spiro atoms. The standard InChI is InChI=1S/C14H18N2O2/c1-4-18-14(17)11(3)15-16-8-7-12-9-10(2)5-6-13(12)16/h5-6,9H,4,7-8H2,1-3H3. The molecule has 0 unspecified atom stereocenters. The summed E-state index contributed by atoms with van der Waals surface area (Å²) >= 11 is 0. The summed E-state index contributed by atoms with van der Waals surface area (Å²) in [6.45, 7) is 6.75. The van der Waals surface area contributed by atoms with Gasteiger partial charge >= 0.3 is 5.97 Å². The van der Waals surface area contributed by atoms with E-state index in [1.54, 1.807) is 13.8 Å². The number of hydrogen-bond acceptors (Lipinski definition) is 4. The van der Waals surface area contributed by atoms with E-state index in [0.29, 0.717) is 12.3 Å². The average Bonchev–Trinajstić information content (AvgIpc) is 2.72. The van der Waals surface area contributed by atoms with Gasteiger partial charge in [0.05, 0.1) is 12.3 Å². The zero-order chi connectivity index (χ0) is 13.1. The maximum Gasteiger partial charge on any atom is 0.354 e. The SMILES string of the molecule is CCOC(=O)C(C)=NN1CCc2cc(C)ccc21. The molecule has 1 aliphatic heterocycles. The molecule has 96 valence electrons. The first kappa shape index (κ1) is 12.6. The van der Waals surface area contributed by atoms with Gasteiger partial charge in [-0.3, -0.25) is 5.01 Å². The number of ether oxygens (including phenoxy) is 1. The summed E-state index contributed by atoms with van der Waals surface area (Å²) in [6, 6.07) is 6.29. The van der Waals surface area contributed by atoms with Crippen LogP contribution in [0.5, 0.6) is 0 Å². The van der Waals surface area contributed by atoms with Crippen LogP contribution in [0.15, 0.2) is 23.3 Å². The van der Waals surface area contributed by atoms with Crippen molar-refractivity contribution < 1.29 is 9.53 Å². The first-order chi connectivity index (χ1) is 8.61. The minimum atomic E-state index is -0.349. The Hall–Kier alpha value is -1.84. The Bertz CT molecular complexity index is 495. The number of aryl methyl sites for hydroxylation is 1. The van der Waals surface area contributed by atoms with Gasteiger partial charge in [-0.1, -0.05) is 17.7 Å². The Kier molecular flexibility index (Phi) is 3.65. The molecule has 0 fully saturated rings. The van der Waals surface area contributed by atoms with Gasteiger partial charge in [0, 0.05) is 6.54 Å². The number of carbonyl (C=O) groups excluding carboxylic acids is 1. The first-order valence-electron chi connectivity index (χ1n) is 6.21. The van der Waals surface area contributed by atoms with E-state index >= 15 is 0 Å². The highest BCUT2D eigenvalue weighted by atomic mass is 16.5. The van der Waals surface area contributed by atoms with Crippen molar-refractivity contribution in [2.24, 2.45) is 5.10 Å². The molecule has 0 aliphatic carbocycles. The van der Waals surface area contributed by atoms with Crippen LogP contribution in [0.4, 0.5) is 5.69 Å². The largest absolute Gasteiger partial charge is 0.461 e. The van der Waals surface area contributed by atoms with E-state index in [9.17, 15) is 4.79 Å². The van der Waals surface area contributed by atoms with Gasteiger partial charge in [-0.05, 0) is 38.8 Å². The van der Waals surface area contributed by atoms with E-state index in [1.807, 2.05) is 5.01 Å². The number of nitrogens with zero attached hydrogens (tertiary/aromatic N) is 2. The Morgan fingerprint density at radius 1 is 1.50 bits per heavy atom. The lowest BCUT2D eigenvalue weighted by Crippen LogP contribution is -2.21. The minimum Gasteiger partial charge on any atom is -0.461 e. The van der Waals surface area contributed by atoms with Crippen LogP contribution in [0.1, 0.15) is 25.0 Å². The molecule has 1 aliphatic rings. The predicted molar refractivity (Wildman–Crippen MR) is 72.0 cm³/mol. The highest BCUT2D eigenvalue weighted by Gasteiger charge is 2.19. The fraction of sp³-hybridized carbons (Fsp3) is 0.429. The number of esters is 1. The molecule has 0 N–H and O–H groups in total. The number of benzene rings is 1. The lowest BCUT2D eigenvalue weighted by Gasteiger charge is -2.14. The number of carbonyl (C=O) groups is 1. The molecule has 18 heavy (non-hydrogen) atoms.